The topological polar surface area (TPSA) is 27.7 Å². The summed E-state index contributed by atoms with van der Waals surface area (Å²) in [6.45, 7) is 2.81. The van der Waals surface area contributed by atoms with Crippen LogP contribution in [0.25, 0.3) is 0 Å². The van der Waals surface area contributed by atoms with Gasteiger partial charge in [0, 0.05) is 12.8 Å². The second-order valence-electron chi connectivity index (χ2n) is 5.70. The molecule has 1 aliphatic heterocycles. The first-order valence-corrected chi connectivity index (χ1v) is 7.30. The molecule has 1 aromatic carbocycles. The largest absolute Gasteiger partial charge is 0.344 e. The third kappa shape index (κ3) is 2.99. The van der Waals surface area contributed by atoms with Crippen molar-refractivity contribution >= 4 is 0 Å². The van der Waals surface area contributed by atoms with E-state index in [0.29, 0.717) is 6.61 Å². The third-order valence-electron chi connectivity index (χ3n) is 4.23. The zero-order valence-electron chi connectivity index (χ0n) is 11.6. The standard InChI is InChI=1S/C16H22O3/c1-13-6-2-3-7-14(13)8-9-15-12-17-16(19-18-15)10-4-5-11-16/h2-3,6-7,15H,4-5,8-12H2,1H3. The Hall–Kier alpha value is -0.900. The Balaban J connectivity index is 1.49. The van der Waals surface area contributed by atoms with Gasteiger partial charge in [-0.15, -0.1) is 0 Å². The van der Waals surface area contributed by atoms with Crippen LogP contribution < -0.4 is 0 Å². The van der Waals surface area contributed by atoms with Crippen LogP contribution in [0.4, 0.5) is 0 Å². The van der Waals surface area contributed by atoms with E-state index in [-0.39, 0.29) is 6.10 Å². The molecule has 0 N–H and O–H groups in total. The lowest BCUT2D eigenvalue weighted by atomic mass is 10.0. The van der Waals surface area contributed by atoms with Gasteiger partial charge >= 0.3 is 0 Å². The third-order valence-corrected chi connectivity index (χ3v) is 4.23. The number of rotatable bonds is 3. The average Bonchev–Trinajstić information content (AvgIpc) is 2.88. The first-order valence-electron chi connectivity index (χ1n) is 7.30. The summed E-state index contributed by atoms with van der Waals surface area (Å²) in [4.78, 5) is 11.1. The van der Waals surface area contributed by atoms with E-state index in [1.165, 1.54) is 24.0 Å². The lowest BCUT2D eigenvalue weighted by molar-refractivity contribution is -0.484. The molecular formula is C16H22O3. The van der Waals surface area contributed by atoms with E-state index < -0.39 is 5.79 Å². The summed E-state index contributed by atoms with van der Waals surface area (Å²) in [5.74, 6) is -0.417. The maximum atomic E-state index is 5.91. The molecule has 1 unspecified atom stereocenters. The van der Waals surface area contributed by atoms with E-state index in [2.05, 4.69) is 31.2 Å². The molecule has 0 amide bonds. The second-order valence-corrected chi connectivity index (χ2v) is 5.70. The van der Waals surface area contributed by atoms with Gasteiger partial charge in [-0.2, -0.15) is 0 Å². The van der Waals surface area contributed by atoms with Crippen LogP contribution in [0.5, 0.6) is 0 Å². The maximum absolute atomic E-state index is 5.91. The number of hydrogen-bond acceptors (Lipinski definition) is 3. The highest BCUT2D eigenvalue weighted by Gasteiger charge is 2.41. The monoisotopic (exact) mass is 262 g/mol. The van der Waals surface area contributed by atoms with Crippen molar-refractivity contribution in [1.82, 2.24) is 0 Å². The molecule has 19 heavy (non-hydrogen) atoms. The molecule has 1 aromatic rings. The van der Waals surface area contributed by atoms with Gasteiger partial charge in [0.1, 0.15) is 6.10 Å². The van der Waals surface area contributed by atoms with Crippen molar-refractivity contribution in [3.05, 3.63) is 35.4 Å². The molecule has 0 radical (unpaired) electrons. The van der Waals surface area contributed by atoms with E-state index in [1.54, 1.807) is 0 Å². The minimum atomic E-state index is -0.417. The van der Waals surface area contributed by atoms with Crippen LogP contribution in [0.2, 0.25) is 0 Å². The molecule has 2 fully saturated rings. The Morgan fingerprint density at radius 1 is 1.21 bits per heavy atom. The minimum absolute atomic E-state index is 0.0610. The summed E-state index contributed by atoms with van der Waals surface area (Å²) in [7, 11) is 0. The Morgan fingerprint density at radius 2 is 2.00 bits per heavy atom. The summed E-state index contributed by atoms with van der Waals surface area (Å²) < 4.78 is 5.91. The first kappa shape index (κ1) is 13.1. The number of ether oxygens (including phenoxy) is 1. The van der Waals surface area contributed by atoms with Crippen LogP contribution in [0, 0.1) is 6.92 Å². The minimum Gasteiger partial charge on any atom is -0.344 e. The highest BCUT2D eigenvalue weighted by atomic mass is 17.2. The molecular weight excluding hydrogens is 240 g/mol. The van der Waals surface area contributed by atoms with Gasteiger partial charge in [-0.05, 0) is 43.7 Å². The molecule has 3 nitrogen and oxygen atoms in total. The van der Waals surface area contributed by atoms with E-state index >= 15 is 0 Å². The van der Waals surface area contributed by atoms with Gasteiger partial charge in [0.15, 0.2) is 0 Å². The van der Waals surface area contributed by atoms with Gasteiger partial charge in [0.2, 0.25) is 5.79 Å². The van der Waals surface area contributed by atoms with Crippen molar-refractivity contribution in [3.8, 4) is 0 Å². The Kier molecular flexibility index (Phi) is 3.87. The van der Waals surface area contributed by atoms with Gasteiger partial charge in [-0.25, -0.2) is 9.78 Å². The molecule has 3 rings (SSSR count). The number of hydrogen-bond donors (Lipinski definition) is 0. The smallest absolute Gasteiger partial charge is 0.201 e. The number of benzene rings is 1. The summed E-state index contributed by atoms with van der Waals surface area (Å²) in [6.07, 6.45) is 6.31. The predicted octanol–water partition coefficient (Wildman–Crippen LogP) is 3.54. The molecule has 0 bridgehead atoms. The summed E-state index contributed by atoms with van der Waals surface area (Å²) in [5.41, 5.74) is 2.72. The molecule has 3 heteroatoms. The van der Waals surface area contributed by atoms with Gasteiger partial charge in [-0.1, -0.05) is 24.3 Å². The molecule has 1 heterocycles. The summed E-state index contributed by atoms with van der Waals surface area (Å²) >= 11 is 0. The van der Waals surface area contributed by atoms with Crippen LogP contribution in [-0.2, 0) is 20.9 Å². The molecule has 2 aliphatic rings. The normalized spacial score (nSPS) is 25.8. The fourth-order valence-corrected chi connectivity index (χ4v) is 2.93. The highest BCUT2D eigenvalue weighted by Crippen LogP contribution is 2.37. The van der Waals surface area contributed by atoms with E-state index in [1.807, 2.05) is 0 Å². The van der Waals surface area contributed by atoms with E-state index in [4.69, 9.17) is 14.5 Å². The van der Waals surface area contributed by atoms with Crippen LogP contribution in [0.1, 0.15) is 43.2 Å². The van der Waals surface area contributed by atoms with E-state index in [9.17, 15) is 0 Å². The lowest BCUT2D eigenvalue weighted by Gasteiger charge is -2.35. The van der Waals surface area contributed by atoms with Crippen molar-refractivity contribution in [1.29, 1.82) is 0 Å². The highest BCUT2D eigenvalue weighted by molar-refractivity contribution is 5.25. The second kappa shape index (κ2) is 5.61. The van der Waals surface area contributed by atoms with Crippen molar-refractivity contribution in [3.63, 3.8) is 0 Å². The Labute approximate surface area is 114 Å². The number of aryl methyl sites for hydroxylation is 2. The van der Waals surface area contributed by atoms with Gasteiger partial charge in [0.25, 0.3) is 0 Å². The first-order chi connectivity index (χ1) is 9.27. The van der Waals surface area contributed by atoms with Gasteiger partial charge < -0.3 is 4.74 Å². The zero-order chi connectivity index (χ0) is 13.1. The average molecular weight is 262 g/mol. The van der Waals surface area contributed by atoms with Crippen LogP contribution in [-0.4, -0.2) is 18.5 Å². The fraction of sp³-hybridized carbons (Fsp3) is 0.625. The molecule has 1 saturated heterocycles. The van der Waals surface area contributed by atoms with Crippen molar-refractivity contribution in [2.75, 3.05) is 6.61 Å². The fourth-order valence-electron chi connectivity index (χ4n) is 2.93. The predicted molar refractivity (Wildman–Crippen MR) is 72.6 cm³/mol. The van der Waals surface area contributed by atoms with Crippen LogP contribution >= 0.6 is 0 Å². The van der Waals surface area contributed by atoms with E-state index in [0.717, 1.165) is 25.7 Å². The molecule has 1 aliphatic carbocycles. The van der Waals surface area contributed by atoms with Crippen molar-refractivity contribution < 1.29 is 14.5 Å². The van der Waals surface area contributed by atoms with Crippen LogP contribution in [0.3, 0.4) is 0 Å². The lowest BCUT2D eigenvalue weighted by Crippen LogP contribution is -2.43. The van der Waals surface area contributed by atoms with Gasteiger partial charge in [0.05, 0.1) is 6.61 Å². The van der Waals surface area contributed by atoms with Crippen molar-refractivity contribution in [2.24, 2.45) is 0 Å². The Morgan fingerprint density at radius 3 is 2.68 bits per heavy atom. The van der Waals surface area contributed by atoms with Crippen LogP contribution in [0.15, 0.2) is 24.3 Å². The maximum Gasteiger partial charge on any atom is 0.201 e. The molecule has 104 valence electrons. The Bertz CT molecular complexity index is 414. The SMILES string of the molecule is Cc1ccccc1CCC1COC2(CCCC2)OO1. The summed E-state index contributed by atoms with van der Waals surface area (Å²) in [6, 6.07) is 8.49. The quantitative estimate of drug-likeness (QED) is 0.780. The summed E-state index contributed by atoms with van der Waals surface area (Å²) in [5, 5.41) is 0. The van der Waals surface area contributed by atoms with Crippen molar-refractivity contribution in [2.45, 2.75) is 57.3 Å². The molecule has 1 saturated carbocycles. The molecule has 0 aromatic heterocycles. The zero-order valence-corrected chi connectivity index (χ0v) is 11.6. The molecule has 1 spiro atoms. The molecule has 1 atom stereocenters. The van der Waals surface area contributed by atoms with Gasteiger partial charge in [-0.3, -0.25) is 0 Å².